The molecule has 0 spiro atoms. The summed E-state index contributed by atoms with van der Waals surface area (Å²) in [5.74, 6) is 0.219. The highest BCUT2D eigenvalue weighted by Crippen LogP contribution is 2.66. The molecular weight excluding hydrogens is 491 g/mol. The molecule has 0 radical (unpaired) electrons. The molecule has 3 rings (SSSR count). The third kappa shape index (κ3) is 5.84. The first-order valence-electron chi connectivity index (χ1n) is 8.10. The van der Waals surface area contributed by atoms with Crippen LogP contribution < -0.4 is 11.1 Å². The molecule has 31 heavy (non-hydrogen) atoms. The number of nitrogens with two attached hydrogens (primary N) is 1. The molecule has 9 N–H and O–H groups in total. The van der Waals surface area contributed by atoms with Crippen molar-refractivity contribution in [1.82, 2.24) is 14.9 Å². The summed E-state index contributed by atoms with van der Waals surface area (Å²) in [7, 11) is -16.7. The second-order valence-electron chi connectivity index (χ2n) is 6.20. The molecular formula is C10H18N5O13P3. The number of imidazole rings is 1. The van der Waals surface area contributed by atoms with E-state index in [9.17, 15) is 28.8 Å². The number of nitrogens with zero attached hydrogens (tertiary/aromatic N) is 3. The van der Waals surface area contributed by atoms with Gasteiger partial charge in [-0.05, 0) is 0 Å². The molecule has 0 amide bonds. The minimum absolute atomic E-state index is 0.219. The minimum atomic E-state index is -5.70. The van der Waals surface area contributed by atoms with Crippen molar-refractivity contribution in [2.45, 2.75) is 30.7 Å². The topological polar surface area (TPSA) is 278 Å². The fourth-order valence-electron chi connectivity index (χ4n) is 2.73. The van der Waals surface area contributed by atoms with Crippen LogP contribution in [0.3, 0.4) is 0 Å². The first-order valence-corrected chi connectivity index (χ1v) is 12.6. The van der Waals surface area contributed by atoms with Gasteiger partial charge < -0.3 is 45.6 Å². The molecule has 1 fully saturated rings. The average Bonchev–Trinajstić information content (AvgIpc) is 3.13. The Hall–Kier alpha value is -1.07. The van der Waals surface area contributed by atoms with Gasteiger partial charge in [0, 0.05) is 0 Å². The normalized spacial score (nSPS) is 32.2. The van der Waals surface area contributed by atoms with Crippen molar-refractivity contribution in [2.75, 3.05) is 6.61 Å². The fourth-order valence-corrected chi connectivity index (χ4v) is 5.76. The van der Waals surface area contributed by atoms with E-state index in [1.54, 1.807) is 0 Å². The Morgan fingerprint density at radius 3 is 2.45 bits per heavy atom. The molecule has 1 aromatic heterocycles. The van der Waals surface area contributed by atoms with Crippen LogP contribution in [0.1, 0.15) is 18.1 Å². The summed E-state index contributed by atoms with van der Waals surface area (Å²) < 4.78 is 52.0. The Morgan fingerprint density at radius 1 is 1.13 bits per heavy atom. The predicted molar refractivity (Wildman–Crippen MR) is 96.2 cm³/mol. The summed E-state index contributed by atoms with van der Waals surface area (Å²) in [6.07, 6.45) is -4.09. The van der Waals surface area contributed by atoms with Crippen molar-refractivity contribution in [3.8, 4) is 0 Å². The van der Waals surface area contributed by atoms with Gasteiger partial charge in [0.2, 0.25) is 0 Å². The maximum atomic E-state index is 11.8. The van der Waals surface area contributed by atoms with Crippen LogP contribution in [0.5, 0.6) is 0 Å². The number of aliphatic hydroxyl groups is 2. The van der Waals surface area contributed by atoms with Gasteiger partial charge in [-0.15, -0.1) is 0 Å². The molecule has 4 unspecified atom stereocenters. The number of aliphatic hydroxyl groups excluding tert-OH is 2. The van der Waals surface area contributed by atoms with Crippen molar-refractivity contribution in [3.05, 3.63) is 12.0 Å². The van der Waals surface area contributed by atoms with Gasteiger partial charge in [-0.1, -0.05) is 0 Å². The lowest BCUT2D eigenvalue weighted by atomic mass is 10.1. The van der Waals surface area contributed by atoms with Crippen LogP contribution in [-0.2, 0) is 31.6 Å². The molecule has 1 aromatic rings. The summed E-state index contributed by atoms with van der Waals surface area (Å²) in [5, 5.41) is 23.1. The van der Waals surface area contributed by atoms with Crippen LogP contribution >= 0.6 is 23.5 Å². The summed E-state index contributed by atoms with van der Waals surface area (Å²) in [4.78, 5) is 43.7. The Morgan fingerprint density at radius 2 is 1.81 bits per heavy atom. The second kappa shape index (κ2) is 8.70. The lowest BCUT2D eigenvalue weighted by Crippen LogP contribution is -2.34. The van der Waals surface area contributed by atoms with Gasteiger partial charge >= 0.3 is 23.5 Å². The third-order valence-corrected chi connectivity index (χ3v) is 7.76. The van der Waals surface area contributed by atoms with Gasteiger partial charge in [0.15, 0.2) is 12.0 Å². The summed E-state index contributed by atoms with van der Waals surface area (Å²) in [5.41, 5.74) is 6.13. The smallest absolute Gasteiger partial charge is 0.387 e. The van der Waals surface area contributed by atoms with Crippen molar-refractivity contribution < 1.29 is 61.4 Å². The number of ether oxygens (including phenoxy) is 1. The Labute approximate surface area is 172 Å². The fraction of sp³-hybridized carbons (Fsp3) is 0.600. The molecule has 7 atom stereocenters. The lowest BCUT2D eigenvalue weighted by molar-refractivity contribution is -0.0512. The summed E-state index contributed by atoms with van der Waals surface area (Å²) in [6, 6.07) is 0. The third-order valence-electron chi connectivity index (χ3n) is 3.96. The van der Waals surface area contributed by atoms with Crippen LogP contribution in [0.4, 0.5) is 5.82 Å². The number of hydrogen-bond acceptors (Lipinski definition) is 13. The van der Waals surface area contributed by atoms with Crippen molar-refractivity contribution in [3.63, 3.8) is 0 Å². The molecule has 0 aliphatic carbocycles. The molecule has 0 saturated carbocycles. The average molecular weight is 509 g/mol. The predicted octanol–water partition coefficient (Wildman–Crippen LogP) is -1.93. The van der Waals surface area contributed by atoms with E-state index in [1.165, 1.54) is 17.2 Å². The maximum Gasteiger partial charge on any atom is 0.490 e. The number of hydrogen-bond donors (Lipinski definition) is 8. The molecule has 0 bridgehead atoms. The van der Waals surface area contributed by atoms with Crippen LogP contribution in [0.15, 0.2) is 11.3 Å². The minimum Gasteiger partial charge on any atom is -0.387 e. The molecule has 18 nitrogen and oxygen atoms in total. The number of nitrogens with one attached hydrogen (secondary N) is 1. The zero-order valence-corrected chi connectivity index (χ0v) is 17.7. The van der Waals surface area contributed by atoms with Crippen LogP contribution in [0, 0.1) is 0 Å². The van der Waals surface area contributed by atoms with E-state index < -0.39 is 60.8 Å². The molecule has 2 aliphatic rings. The zero-order chi connectivity index (χ0) is 23.2. The first-order chi connectivity index (χ1) is 14.2. The van der Waals surface area contributed by atoms with E-state index in [1.807, 2.05) is 0 Å². The van der Waals surface area contributed by atoms with Gasteiger partial charge in [0.05, 0.1) is 19.3 Å². The van der Waals surface area contributed by atoms with Crippen LogP contribution in [0.2, 0.25) is 0 Å². The van der Waals surface area contributed by atoms with Crippen molar-refractivity contribution >= 4 is 35.6 Å². The van der Waals surface area contributed by atoms with Crippen molar-refractivity contribution in [2.24, 2.45) is 10.7 Å². The second-order valence-corrected chi connectivity index (χ2v) is 10.6. The highest BCUT2D eigenvalue weighted by molar-refractivity contribution is 7.66. The number of phosphoric ester groups is 1. The van der Waals surface area contributed by atoms with Gasteiger partial charge in [0.1, 0.15) is 30.2 Å². The highest BCUT2D eigenvalue weighted by atomic mass is 31.3. The van der Waals surface area contributed by atoms with Gasteiger partial charge in [-0.25, -0.2) is 23.7 Å². The van der Waals surface area contributed by atoms with Gasteiger partial charge in [-0.3, -0.25) is 9.09 Å². The van der Waals surface area contributed by atoms with E-state index in [-0.39, 0.29) is 5.82 Å². The van der Waals surface area contributed by atoms with Crippen molar-refractivity contribution in [1.29, 1.82) is 0 Å². The van der Waals surface area contributed by atoms with E-state index >= 15 is 0 Å². The molecule has 21 heteroatoms. The molecule has 1 saturated heterocycles. The Bertz CT molecular complexity index is 995. The number of phosphoric acid groups is 3. The largest absolute Gasteiger partial charge is 0.490 e. The van der Waals surface area contributed by atoms with Crippen LogP contribution in [-0.4, -0.2) is 70.6 Å². The van der Waals surface area contributed by atoms with Gasteiger partial charge in [0.25, 0.3) is 0 Å². The number of fused-ring (bicyclic) bond motifs is 1. The highest BCUT2D eigenvalue weighted by Gasteiger charge is 2.47. The quantitative estimate of drug-likeness (QED) is 0.177. The van der Waals surface area contributed by atoms with E-state index in [2.05, 4.69) is 28.4 Å². The molecule has 176 valence electrons. The number of aromatic nitrogens is 2. The molecule has 0 aromatic carbocycles. The van der Waals surface area contributed by atoms with E-state index in [0.29, 0.717) is 5.69 Å². The van der Waals surface area contributed by atoms with E-state index in [4.69, 9.17) is 25.2 Å². The molecule has 3 heterocycles. The molecule has 2 aliphatic heterocycles. The van der Waals surface area contributed by atoms with E-state index in [0.717, 1.165) is 0 Å². The maximum absolute atomic E-state index is 11.8. The summed E-state index contributed by atoms with van der Waals surface area (Å²) in [6.45, 7) is -0.945. The Balaban J connectivity index is 1.66. The monoisotopic (exact) mass is 509 g/mol. The Kier molecular flexibility index (Phi) is 6.90. The zero-order valence-electron chi connectivity index (χ0n) is 15.1. The number of aliphatic imine (C=N–C) groups is 1. The summed E-state index contributed by atoms with van der Waals surface area (Å²) >= 11 is 0. The van der Waals surface area contributed by atoms with Crippen LogP contribution in [0.25, 0.3) is 0 Å². The van der Waals surface area contributed by atoms with Gasteiger partial charge in [-0.2, -0.15) is 8.62 Å². The number of rotatable bonds is 8. The first kappa shape index (κ1) is 24.6. The SMILES string of the molecule is NC1NC=Nc2c1ncn2[C@@H]1O[C@H](COP(=O)(O)OP(=O)(O)OP(=O)(O)O)C(O)[C@@H]1O. The lowest BCUT2D eigenvalue weighted by Gasteiger charge is -2.20. The standard InChI is InChI=1S/C10H18N5O13P3/c11-8-5-9(13-2-12-8)15(3-14-5)10-7(17)6(16)4(26-10)1-25-30(21,22)28-31(23,24)27-29(18,19)20/h2-4,6-8,10,16-17H,1,11H2,(H,12,13)(H,21,22)(H,23,24)(H2,18,19,20)/t4-,6?,7+,8?,10-/m1/s1.